The van der Waals surface area contributed by atoms with Crippen molar-refractivity contribution >= 4 is 40.0 Å². The number of carbonyl (C=O) groups is 2. The predicted molar refractivity (Wildman–Crippen MR) is 84.6 cm³/mol. The van der Waals surface area contributed by atoms with Gasteiger partial charge in [-0.2, -0.15) is 0 Å². The number of amides is 2. The first kappa shape index (κ1) is 16.2. The number of hydrogen-bond donors (Lipinski definition) is 1. The van der Waals surface area contributed by atoms with Gasteiger partial charge in [0, 0.05) is 19.0 Å². The fourth-order valence-electron chi connectivity index (χ4n) is 2.58. The Hall–Kier alpha value is -1.15. The lowest BCUT2D eigenvalue weighted by atomic mass is 9.98. The summed E-state index contributed by atoms with van der Waals surface area (Å²) in [4.78, 5) is 25.3. The van der Waals surface area contributed by atoms with Crippen LogP contribution < -0.4 is 5.32 Å². The largest absolute Gasteiger partial charge is 0.337 e. The Morgan fingerprint density at radius 3 is 2.62 bits per heavy atom. The van der Waals surface area contributed by atoms with E-state index < -0.39 is 0 Å². The summed E-state index contributed by atoms with van der Waals surface area (Å²) in [6, 6.07) is 0.623. The molecule has 0 unspecified atom stereocenters. The zero-order chi connectivity index (χ0) is 15.4. The molecule has 116 valence electrons. The summed E-state index contributed by atoms with van der Waals surface area (Å²) >= 11 is 2.67. The van der Waals surface area contributed by atoms with E-state index in [0.717, 1.165) is 12.8 Å². The number of rotatable bonds is 4. The third-order valence-electron chi connectivity index (χ3n) is 3.49. The molecule has 6 nitrogen and oxygen atoms in total. The molecule has 1 aromatic heterocycles. The van der Waals surface area contributed by atoms with E-state index in [0.29, 0.717) is 27.3 Å². The van der Waals surface area contributed by atoms with Crippen LogP contribution in [-0.2, 0) is 9.59 Å². The third-order valence-corrected chi connectivity index (χ3v) is 5.45. The van der Waals surface area contributed by atoms with Crippen LogP contribution in [0.2, 0.25) is 0 Å². The van der Waals surface area contributed by atoms with Gasteiger partial charge in [-0.1, -0.05) is 23.1 Å². The van der Waals surface area contributed by atoms with Crippen molar-refractivity contribution in [1.82, 2.24) is 15.1 Å². The number of nitrogens with one attached hydrogen (secondary N) is 1. The van der Waals surface area contributed by atoms with Crippen LogP contribution in [-0.4, -0.2) is 44.7 Å². The van der Waals surface area contributed by atoms with E-state index in [2.05, 4.69) is 29.4 Å². The topological polar surface area (TPSA) is 75.2 Å². The highest BCUT2D eigenvalue weighted by Crippen LogP contribution is 2.28. The van der Waals surface area contributed by atoms with Crippen molar-refractivity contribution < 1.29 is 9.59 Å². The first-order chi connectivity index (χ1) is 9.97. The molecule has 1 aliphatic rings. The van der Waals surface area contributed by atoms with Crippen molar-refractivity contribution in [3.8, 4) is 0 Å². The molecular weight excluding hydrogens is 308 g/mol. The van der Waals surface area contributed by atoms with E-state index in [1.165, 1.54) is 36.4 Å². The van der Waals surface area contributed by atoms with Crippen molar-refractivity contribution in [2.24, 2.45) is 0 Å². The molecule has 0 bridgehead atoms. The molecule has 0 saturated carbocycles. The van der Waals surface area contributed by atoms with Crippen LogP contribution >= 0.6 is 23.1 Å². The minimum atomic E-state index is -0.172. The lowest BCUT2D eigenvalue weighted by molar-refractivity contribution is -0.134. The molecular formula is C13H20N4O2S2. The van der Waals surface area contributed by atoms with Crippen LogP contribution in [0.15, 0.2) is 4.34 Å². The number of aromatic nitrogens is 2. The average molecular weight is 328 g/mol. The number of piperidine rings is 1. The van der Waals surface area contributed by atoms with Crippen LogP contribution in [0, 0.1) is 0 Å². The molecule has 2 amide bonds. The number of likely N-dealkylation sites (tertiary alicyclic amines) is 1. The average Bonchev–Trinajstić information content (AvgIpc) is 2.83. The van der Waals surface area contributed by atoms with Crippen molar-refractivity contribution in [3.63, 3.8) is 0 Å². The smallest absolute Gasteiger partial charge is 0.233 e. The molecule has 1 N–H and O–H groups in total. The summed E-state index contributed by atoms with van der Waals surface area (Å²) in [6.45, 7) is 5.65. The Bertz CT molecular complexity index is 510. The van der Waals surface area contributed by atoms with Gasteiger partial charge in [-0.3, -0.25) is 9.59 Å². The normalized spacial score (nSPS) is 22.1. The standard InChI is InChI=1S/C13H20N4O2S2/c1-8-5-4-6-9(2)17(8)11(19)7-20-13-16-15-12(21-13)14-10(3)18/h8-9H,4-7H2,1-3H3,(H,14,15,18)/t8-,9-/m1/s1. The zero-order valence-corrected chi connectivity index (χ0v) is 14.1. The number of hydrogen-bond acceptors (Lipinski definition) is 6. The van der Waals surface area contributed by atoms with E-state index in [1.54, 1.807) is 0 Å². The molecule has 2 heterocycles. The number of carbonyl (C=O) groups excluding carboxylic acids is 2. The van der Waals surface area contributed by atoms with Gasteiger partial charge in [-0.15, -0.1) is 10.2 Å². The minimum absolute atomic E-state index is 0.149. The quantitative estimate of drug-likeness (QED) is 0.678. The van der Waals surface area contributed by atoms with Crippen molar-refractivity contribution in [1.29, 1.82) is 0 Å². The van der Waals surface area contributed by atoms with Gasteiger partial charge in [0.05, 0.1) is 5.75 Å². The summed E-state index contributed by atoms with van der Waals surface area (Å²) in [5, 5.41) is 10.9. The van der Waals surface area contributed by atoms with Gasteiger partial charge < -0.3 is 10.2 Å². The van der Waals surface area contributed by atoms with E-state index in [1.807, 2.05) is 4.90 Å². The van der Waals surface area contributed by atoms with Crippen LogP contribution in [0.3, 0.4) is 0 Å². The second kappa shape index (κ2) is 7.22. The predicted octanol–water partition coefficient (Wildman–Crippen LogP) is 2.38. The Balaban J connectivity index is 1.88. The molecule has 1 saturated heterocycles. The van der Waals surface area contributed by atoms with Crippen LogP contribution in [0.4, 0.5) is 5.13 Å². The molecule has 2 atom stereocenters. The molecule has 0 aliphatic carbocycles. The zero-order valence-electron chi connectivity index (χ0n) is 12.5. The fourth-order valence-corrected chi connectivity index (χ4v) is 4.25. The van der Waals surface area contributed by atoms with Crippen LogP contribution in [0.5, 0.6) is 0 Å². The summed E-state index contributed by atoms with van der Waals surface area (Å²) in [5.41, 5.74) is 0. The Labute approximate surface area is 132 Å². The maximum Gasteiger partial charge on any atom is 0.233 e. The van der Waals surface area contributed by atoms with Gasteiger partial charge in [-0.25, -0.2) is 0 Å². The fraction of sp³-hybridized carbons (Fsp3) is 0.692. The highest BCUT2D eigenvalue weighted by Gasteiger charge is 2.28. The van der Waals surface area contributed by atoms with Crippen LogP contribution in [0.1, 0.15) is 40.0 Å². The molecule has 2 rings (SSSR count). The first-order valence-electron chi connectivity index (χ1n) is 7.02. The second-order valence-electron chi connectivity index (χ2n) is 5.27. The Kier molecular flexibility index (Phi) is 5.58. The molecule has 0 radical (unpaired) electrons. The number of nitrogens with zero attached hydrogens (tertiary/aromatic N) is 3. The van der Waals surface area contributed by atoms with Crippen molar-refractivity contribution in [2.75, 3.05) is 11.1 Å². The van der Waals surface area contributed by atoms with Gasteiger partial charge in [0.1, 0.15) is 0 Å². The number of anilines is 1. The monoisotopic (exact) mass is 328 g/mol. The van der Waals surface area contributed by atoms with Gasteiger partial charge in [0.15, 0.2) is 4.34 Å². The molecule has 0 aromatic carbocycles. The molecule has 21 heavy (non-hydrogen) atoms. The second-order valence-corrected chi connectivity index (χ2v) is 7.47. The van der Waals surface area contributed by atoms with E-state index >= 15 is 0 Å². The highest BCUT2D eigenvalue weighted by atomic mass is 32.2. The molecule has 8 heteroatoms. The van der Waals surface area contributed by atoms with Gasteiger partial charge in [0.25, 0.3) is 0 Å². The first-order valence-corrected chi connectivity index (χ1v) is 8.82. The third kappa shape index (κ3) is 4.41. The number of thioether (sulfide) groups is 1. The minimum Gasteiger partial charge on any atom is -0.337 e. The molecule has 1 aromatic rings. The Morgan fingerprint density at radius 1 is 1.33 bits per heavy atom. The SMILES string of the molecule is CC(=O)Nc1nnc(SCC(=O)N2[C@H](C)CCC[C@H]2C)s1. The van der Waals surface area contributed by atoms with Gasteiger partial charge in [0.2, 0.25) is 16.9 Å². The van der Waals surface area contributed by atoms with Gasteiger partial charge >= 0.3 is 0 Å². The van der Waals surface area contributed by atoms with E-state index in [-0.39, 0.29) is 11.8 Å². The molecule has 0 spiro atoms. The van der Waals surface area contributed by atoms with Crippen molar-refractivity contribution in [3.05, 3.63) is 0 Å². The molecule has 1 fully saturated rings. The van der Waals surface area contributed by atoms with Crippen LogP contribution in [0.25, 0.3) is 0 Å². The summed E-state index contributed by atoms with van der Waals surface area (Å²) in [5.74, 6) is 0.342. The van der Waals surface area contributed by atoms with E-state index in [4.69, 9.17) is 0 Å². The lowest BCUT2D eigenvalue weighted by Gasteiger charge is -2.39. The lowest BCUT2D eigenvalue weighted by Crippen LogP contribution is -2.48. The maximum atomic E-state index is 12.4. The maximum absolute atomic E-state index is 12.4. The molecule has 1 aliphatic heterocycles. The summed E-state index contributed by atoms with van der Waals surface area (Å²) in [6.07, 6.45) is 3.34. The van der Waals surface area contributed by atoms with Crippen molar-refractivity contribution in [2.45, 2.75) is 56.5 Å². The Morgan fingerprint density at radius 2 is 2.00 bits per heavy atom. The summed E-state index contributed by atoms with van der Waals surface area (Å²) in [7, 11) is 0. The summed E-state index contributed by atoms with van der Waals surface area (Å²) < 4.78 is 0.699. The van der Waals surface area contributed by atoms with Gasteiger partial charge in [-0.05, 0) is 33.1 Å². The highest BCUT2D eigenvalue weighted by molar-refractivity contribution is 8.01. The van der Waals surface area contributed by atoms with E-state index in [9.17, 15) is 9.59 Å².